The third kappa shape index (κ3) is 3.41. The van der Waals surface area contributed by atoms with Crippen LogP contribution in [0.15, 0.2) is 18.0 Å². The Hall–Kier alpha value is -1.76. The Morgan fingerprint density at radius 1 is 1.50 bits per heavy atom. The van der Waals surface area contributed by atoms with Gasteiger partial charge in [-0.3, -0.25) is 4.79 Å². The molecule has 1 N–H and O–H groups in total. The molecular formula is C13H19N5OS. The van der Waals surface area contributed by atoms with Crippen molar-refractivity contribution >= 4 is 17.2 Å². The SMILES string of the molecule is C[C@H](C(=O)NCc1csc(C(C)(C)C)n1)n1cncn1. The molecule has 0 spiro atoms. The standard InChI is InChI=1S/C13H19N5OS/c1-9(18-8-14-7-16-18)11(19)15-5-10-6-20-12(17-10)13(2,3)4/h6-9H,5H2,1-4H3,(H,15,19)/t9-/m1/s1. The van der Waals surface area contributed by atoms with Gasteiger partial charge in [-0.1, -0.05) is 20.8 Å². The lowest BCUT2D eigenvalue weighted by atomic mass is 9.98. The third-order valence-electron chi connectivity index (χ3n) is 2.85. The lowest BCUT2D eigenvalue weighted by molar-refractivity contribution is -0.124. The summed E-state index contributed by atoms with van der Waals surface area (Å²) in [5.74, 6) is -0.0965. The van der Waals surface area contributed by atoms with Gasteiger partial charge in [0.25, 0.3) is 0 Å². The maximum atomic E-state index is 12.0. The van der Waals surface area contributed by atoms with Crippen molar-refractivity contribution in [1.29, 1.82) is 0 Å². The van der Waals surface area contributed by atoms with Gasteiger partial charge in [-0.2, -0.15) is 5.10 Å². The number of hydrogen-bond acceptors (Lipinski definition) is 5. The fraction of sp³-hybridized carbons (Fsp3) is 0.538. The van der Waals surface area contributed by atoms with Crippen molar-refractivity contribution in [1.82, 2.24) is 25.1 Å². The van der Waals surface area contributed by atoms with Gasteiger partial charge >= 0.3 is 0 Å². The fourth-order valence-corrected chi connectivity index (χ4v) is 2.50. The Morgan fingerprint density at radius 3 is 2.80 bits per heavy atom. The fourth-order valence-electron chi connectivity index (χ4n) is 1.60. The molecule has 0 fully saturated rings. The number of amides is 1. The first-order chi connectivity index (χ1) is 9.38. The number of thiazole rings is 1. The minimum Gasteiger partial charge on any atom is -0.349 e. The van der Waals surface area contributed by atoms with Gasteiger partial charge in [0.05, 0.1) is 17.2 Å². The number of carbonyl (C=O) groups is 1. The molecule has 2 rings (SSSR count). The van der Waals surface area contributed by atoms with E-state index >= 15 is 0 Å². The molecule has 108 valence electrons. The average Bonchev–Trinajstić information content (AvgIpc) is 3.04. The summed E-state index contributed by atoms with van der Waals surface area (Å²) in [5.41, 5.74) is 0.931. The van der Waals surface area contributed by atoms with Gasteiger partial charge in [-0.25, -0.2) is 14.6 Å². The maximum Gasteiger partial charge on any atom is 0.244 e. The second-order valence-electron chi connectivity index (χ2n) is 5.66. The zero-order chi connectivity index (χ0) is 14.8. The summed E-state index contributed by atoms with van der Waals surface area (Å²) in [7, 11) is 0. The molecule has 2 heterocycles. The summed E-state index contributed by atoms with van der Waals surface area (Å²) >= 11 is 1.62. The third-order valence-corrected chi connectivity index (χ3v) is 4.17. The highest BCUT2D eigenvalue weighted by Crippen LogP contribution is 2.25. The number of carbonyl (C=O) groups excluding carboxylic acids is 1. The molecule has 1 atom stereocenters. The molecular weight excluding hydrogens is 274 g/mol. The first kappa shape index (κ1) is 14.6. The number of nitrogens with one attached hydrogen (secondary N) is 1. The van der Waals surface area contributed by atoms with Crippen molar-refractivity contribution in [3.8, 4) is 0 Å². The highest BCUT2D eigenvalue weighted by molar-refractivity contribution is 7.09. The van der Waals surface area contributed by atoms with Gasteiger partial charge in [0, 0.05) is 10.8 Å². The molecule has 0 bridgehead atoms. The van der Waals surface area contributed by atoms with E-state index in [0.29, 0.717) is 6.54 Å². The summed E-state index contributed by atoms with van der Waals surface area (Å²) in [6.07, 6.45) is 2.95. The Bertz CT molecular complexity index is 570. The Morgan fingerprint density at radius 2 is 2.25 bits per heavy atom. The van der Waals surface area contributed by atoms with Crippen molar-refractivity contribution < 1.29 is 4.79 Å². The highest BCUT2D eigenvalue weighted by atomic mass is 32.1. The van der Waals surface area contributed by atoms with E-state index in [9.17, 15) is 4.79 Å². The Balaban J connectivity index is 1.92. The van der Waals surface area contributed by atoms with Crippen molar-refractivity contribution in [2.24, 2.45) is 0 Å². The quantitative estimate of drug-likeness (QED) is 0.934. The van der Waals surface area contributed by atoms with E-state index in [2.05, 4.69) is 41.2 Å². The molecule has 0 radical (unpaired) electrons. The molecule has 0 saturated heterocycles. The number of hydrogen-bond donors (Lipinski definition) is 1. The normalized spacial score (nSPS) is 13.2. The zero-order valence-electron chi connectivity index (χ0n) is 12.1. The Kier molecular flexibility index (Phi) is 4.17. The summed E-state index contributed by atoms with van der Waals surface area (Å²) in [4.78, 5) is 20.4. The lowest BCUT2D eigenvalue weighted by Gasteiger charge is -2.14. The second kappa shape index (κ2) is 5.70. The van der Waals surface area contributed by atoms with Crippen LogP contribution >= 0.6 is 11.3 Å². The summed E-state index contributed by atoms with van der Waals surface area (Å²) in [6.45, 7) is 8.60. The van der Waals surface area contributed by atoms with Gasteiger partial charge in [0.15, 0.2) is 0 Å². The van der Waals surface area contributed by atoms with Crippen LogP contribution in [-0.4, -0.2) is 25.7 Å². The van der Waals surface area contributed by atoms with Crippen LogP contribution in [0.1, 0.15) is 44.4 Å². The van der Waals surface area contributed by atoms with Gasteiger partial charge < -0.3 is 5.32 Å². The molecule has 20 heavy (non-hydrogen) atoms. The van der Waals surface area contributed by atoms with E-state index in [0.717, 1.165) is 10.7 Å². The van der Waals surface area contributed by atoms with Crippen molar-refractivity contribution in [3.63, 3.8) is 0 Å². The molecule has 0 aliphatic carbocycles. The second-order valence-corrected chi connectivity index (χ2v) is 6.52. The predicted octanol–water partition coefficient (Wildman–Crippen LogP) is 1.91. The van der Waals surface area contributed by atoms with Crippen LogP contribution < -0.4 is 5.32 Å². The van der Waals surface area contributed by atoms with Crippen molar-refractivity contribution in [3.05, 3.63) is 28.7 Å². The molecule has 1 amide bonds. The predicted molar refractivity (Wildman–Crippen MR) is 77.4 cm³/mol. The molecule has 0 aliphatic rings. The van der Waals surface area contributed by atoms with E-state index in [-0.39, 0.29) is 17.4 Å². The first-order valence-corrected chi connectivity index (χ1v) is 7.32. The molecule has 2 aromatic rings. The summed E-state index contributed by atoms with van der Waals surface area (Å²) in [5, 5.41) is 9.89. The molecule has 6 nitrogen and oxygen atoms in total. The smallest absolute Gasteiger partial charge is 0.244 e. The number of rotatable bonds is 4. The van der Waals surface area contributed by atoms with Gasteiger partial charge in [0.1, 0.15) is 18.7 Å². The molecule has 0 unspecified atom stereocenters. The molecule has 2 aromatic heterocycles. The zero-order valence-corrected chi connectivity index (χ0v) is 12.9. The molecule has 0 saturated carbocycles. The van der Waals surface area contributed by atoms with Crippen LogP contribution in [0.5, 0.6) is 0 Å². The van der Waals surface area contributed by atoms with Crippen LogP contribution in [0.2, 0.25) is 0 Å². The molecule has 0 aromatic carbocycles. The minimum atomic E-state index is -0.377. The monoisotopic (exact) mass is 293 g/mol. The van der Waals surface area contributed by atoms with Crippen molar-refractivity contribution in [2.45, 2.75) is 45.7 Å². The van der Waals surface area contributed by atoms with Crippen LogP contribution in [0.3, 0.4) is 0 Å². The molecule has 7 heteroatoms. The van der Waals surface area contributed by atoms with Crippen LogP contribution in [-0.2, 0) is 16.8 Å². The first-order valence-electron chi connectivity index (χ1n) is 6.44. The maximum absolute atomic E-state index is 12.0. The van der Waals surface area contributed by atoms with Gasteiger partial charge in [0.2, 0.25) is 5.91 Å². The van der Waals surface area contributed by atoms with E-state index in [1.807, 2.05) is 5.38 Å². The van der Waals surface area contributed by atoms with E-state index in [1.54, 1.807) is 18.3 Å². The topological polar surface area (TPSA) is 72.7 Å². The van der Waals surface area contributed by atoms with E-state index in [1.165, 1.54) is 17.3 Å². The lowest BCUT2D eigenvalue weighted by Crippen LogP contribution is -2.31. The van der Waals surface area contributed by atoms with E-state index < -0.39 is 0 Å². The number of aromatic nitrogens is 4. The minimum absolute atomic E-state index is 0.0426. The average molecular weight is 293 g/mol. The largest absolute Gasteiger partial charge is 0.349 e. The highest BCUT2D eigenvalue weighted by Gasteiger charge is 2.19. The van der Waals surface area contributed by atoms with Crippen molar-refractivity contribution in [2.75, 3.05) is 0 Å². The summed E-state index contributed by atoms with van der Waals surface area (Å²) < 4.78 is 1.52. The van der Waals surface area contributed by atoms with Gasteiger partial charge in [-0.15, -0.1) is 11.3 Å². The molecule has 0 aliphatic heterocycles. The van der Waals surface area contributed by atoms with E-state index in [4.69, 9.17) is 0 Å². The van der Waals surface area contributed by atoms with Crippen LogP contribution in [0, 0.1) is 0 Å². The van der Waals surface area contributed by atoms with Crippen LogP contribution in [0.25, 0.3) is 0 Å². The van der Waals surface area contributed by atoms with Crippen LogP contribution in [0.4, 0.5) is 0 Å². The van der Waals surface area contributed by atoms with Gasteiger partial charge in [-0.05, 0) is 6.92 Å². The Labute approximate surface area is 122 Å². The summed E-state index contributed by atoms with van der Waals surface area (Å²) in [6, 6.07) is -0.377. The number of nitrogens with zero attached hydrogens (tertiary/aromatic N) is 4.